The van der Waals surface area contributed by atoms with Crippen LogP contribution in [0.5, 0.6) is 0 Å². The zero-order valence-electron chi connectivity index (χ0n) is 21.5. The van der Waals surface area contributed by atoms with Gasteiger partial charge in [-0.3, -0.25) is 19.7 Å². The smallest absolute Gasteiger partial charge is 0.379 e. The maximum Gasteiger partial charge on any atom is 0.395 e. The Morgan fingerprint density at radius 3 is 2.37 bits per heavy atom. The van der Waals surface area contributed by atoms with Crippen molar-refractivity contribution in [2.45, 2.75) is 101 Å². The molecule has 3 saturated carbocycles. The second-order valence-electron chi connectivity index (χ2n) is 12.2. The van der Waals surface area contributed by atoms with Crippen LogP contribution in [0.3, 0.4) is 0 Å². The minimum atomic E-state index is -4.14. The molecular weight excluding hydrogens is 497 g/mol. The van der Waals surface area contributed by atoms with Gasteiger partial charge in [-0.2, -0.15) is 13.2 Å². The van der Waals surface area contributed by atoms with Crippen molar-refractivity contribution in [3.63, 3.8) is 0 Å². The average Bonchev–Trinajstić information content (AvgIpc) is 3.79. The van der Waals surface area contributed by atoms with Crippen molar-refractivity contribution in [2.24, 2.45) is 11.3 Å². The van der Waals surface area contributed by atoms with Gasteiger partial charge in [-0.15, -0.1) is 0 Å². The van der Waals surface area contributed by atoms with Crippen molar-refractivity contribution < 1.29 is 27.6 Å². The van der Waals surface area contributed by atoms with E-state index in [0.717, 1.165) is 43.4 Å². The third-order valence-electron chi connectivity index (χ3n) is 9.48. The Balaban J connectivity index is 1.15. The number of hydrogen-bond acceptors (Lipinski definition) is 5. The summed E-state index contributed by atoms with van der Waals surface area (Å²) < 4.78 is 40.1. The highest BCUT2D eigenvalue weighted by atomic mass is 19.4. The van der Waals surface area contributed by atoms with Crippen LogP contribution < -0.4 is 16.0 Å². The molecule has 5 aliphatic rings. The van der Waals surface area contributed by atoms with Crippen LogP contribution >= 0.6 is 0 Å². The number of piperidine rings is 1. The second-order valence-corrected chi connectivity index (χ2v) is 12.2. The SMILES string of the molecule is O=C1CCC(N2Cc3c(NC4(CC5CC5)CCC(NCC5(C(F)(F)F)CC5)CC4)cccc3C2=O)C(=O)N1. The van der Waals surface area contributed by atoms with Crippen LogP contribution in [0, 0.1) is 11.3 Å². The predicted octanol–water partition coefficient (Wildman–Crippen LogP) is 4.27. The quantitative estimate of drug-likeness (QED) is 0.435. The first kappa shape index (κ1) is 25.6. The molecule has 3 amide bonds. The summed E-state index contributed by atoms with van der Waals surface area (Å²) in [5, 5.41) is 9.40. The van der Waals surface area contributed by atoms with Crippen LogP contribution in [-0.2, 0) is 16.1 Å². The van der Waals surface area contributed by atoms with Gasteiger partial charge in [-0.05, 0) is 69.4 Å². The fraction of sp³-hybridized carbons (Fsp3) is 0.679. The summed E-state index contributed by atoms with van der Waals surface area (Å²) in [5.41, 5.74) is 0.656. The van der Waals surface area contributed by atoms with E-state index < -0.39 is 23.5 Å². The summed E-state index contributed by atoms with van der Waals surface area (Å²) >= 11 is 0. The number of nitrogens with one attached hydrogen (secondary N) is 3. The average molecular weight is 533 g/mol. The van der Waals surface area contributed by atoms with Crippen LogP contribution in [0.4, 0.5) is 18.9 Å². The Bertz CT molecular complexity index is 1140. The Morgan fingerprint density at radius 2 is 1.74 bits per heavy atom. The first-order chi connectivity index (χ1) is 18.1. The number of carbonyl (C=O) groups is 3. The van der Waals surface area contributed by atoms with E-state index in [0.29, 0.717) is 24.4 Å². The number of rotatable bonds is 8. The van der Waals surface area contributed by atoms with Gasteiger partial charge in [0, 0.05) is 47.9 Å². The van der Waals surface area contributed by atoms with Gasteiger partial charge in [0.05, 0.1) is 5.41 Å². The molecule has 38 heavy (non-hydrogen) atoms. The van der Waals surface area contributed by atoms with Gasteiger partial charge >= 0.3 is 6.18 Å². The molecule has 2 heterocycles. The predicted molar refractivity (Wildman–Crippen MR) is 134 cm³/mol. The maximum atomic E-state index is 13.4. The standard InChI is InChI=1S/C28H35F3N4O3/c29-28(30,31)26(12-13-26)16-32-18-8-10-27(11-9-18,14-17-4-5-17)34-21-3-1-2-19-20(21)15-35(25(19)38)22-6-7-23(36)33-24(22)37/h1-3,17-18,22,32,34H,4-16H2,(H,33,36,37). The number of hydrogen-bond donors (Lipinski definition) is 3. The molecule has 10 heteroatoms. The van der Waals surface area contributed by atoms with Crippen LogP contribution in [-0.4, -0.2) is 53.0 Å². The maximum absolute atomic E-state index is 13.4. The molecule has 2 aliphatic heterocycles. The van der Waals surface area contributed by atoms with Gasteiger partial charge in [-0.25, -0.2) is 0 Å². The Hall–Kier alpha value is -2.62. The normalized spacial score (nSPS) is 30.7. The number of benzene rings is 1. The lowest BCUT2D eigenvalue weighted by molar-refractivity contribution is -0.186. The molecule has 206 valence electrons. The zero-order valence-corrected chi connectivity index (χ0v) is 21.5. The highest BCUT2D eigenvalue weighted by molar-refractivity contribution is 6.06. The number of alkyl halides is 3. The molecule has 6 rings (SSSR count). The summed E-state index contributed by atoms with van der Waals surface area (Å²) in [6.07, 6.45) is 3.58. The summed E-state index contributed by atoms with van der Waals surface area (Å²) in [4.78, 5) is 38.9. The number of nitrogens with zero attached hydrogens (tertiary/aromatic N) is 1. The Morgan fingerprint density at radius 1 is 1.00 bits per heavy atom. The van der Waals surface area contributed by atoms with Crippen LogP contribution in [0.25, 0.3) is 0 Å². The second kappa shape index (κ2) is 9.24. The van der Waals surface area contributed by atoms with Crippen molar-refractivity contribution in [3.8, 4) is 0 Å². The van der Waals surface area contributed by atoms with E-state index in [-0.39, 0.29) is 49.2 Å². The van der Waals surface area contributed by atoms with Crippen LogP contribution in [0.15, 0.2) is 18.2 Å². The highest BCUT2D eigenvalue weighted by Crippen LogP contribution is 2.57. The van der Waals surface area contributed by atoms with Gasteiger partial charge in [0.2, 0.25) is 11.8 Å². The van der Waals surface area contributed by atoms with Crippen LogP contribution in [0.1, 0.15) is 86.6 Å². The van der Waals surface area contributed by atoms with E-state index >= 15 is 0 Å². The number of halogens is 3. The molecular formula is C28H35F3N4O3. The molecule has 4 fully saturated rings. The van der Waals surface area contributed by atoms with E-state index in [2.05, 4.69) is 16.0 Å². The van der Waals surface area contributed by atoms with Crippen LogP contribution in [0.2, 0.25) is 0 Å². The number of anilines is 1. The summed E-state index contributed by atoms with van der Waals surface area (Å²) in [7, 11) is 0. The lowest BCUT2D eigenvalue weighted by atomic mass is 9.75. The molecule has 1 unspecified atom stereocenters. The molecule has 3 aliphatic carbocycles. The molecule has 1 atom stereocenters. The monoisotopic (exact) mass is 532 g/mol. The number of imide groups is 1. The largest absolute Gasteiger partial charge is 0.395 e. The van der Waals surface area contributed by atoms with E-state index in [1.165, 1.54) is 12.8 Å². The van der Waals surface area contributed by atoms with Crippen molar-refractivity contribution in [3.05, 3.63) is 29.3 Å². The fourth-order valence-electron chi connectivity index (χ4n) is 6.67. The molecule has 1 saturated heterocycles. The number of carbonyl (C=O) groups excluding carboxylic acids is 3. The Kier molecular flexibility index (Phi) is 6.24. The van der Waals surface area contributed by atoms with Crippen molar-refractivity contribution in [1.82, 2.24) is 15.5 Å². The minimum Gasteiger partial charge on any atom is -0.379 e. The molecule has 0 radical (unpaired) electrons. The van der Waals surface area contributed by atoms with E-state index in [1.54, 1.807) is 11.0 Å². The summed E-state index contributed by atoms with van der Waals surface area (Å²) in [6.45, 7) is 0.321. The van der Waals surface area contributed by atoms with Crippen molar-refractivity contribution in [1.29, 1.82) is 0 Å². The molecule has 0 bridgehead atoms. The van der Waals surface area contributed by atoms with Gasteiger partial charge in [-0.1, -0.05) is 18.9 Å². The first-order valence-electron chi connectivity index (χ1n) is 13.9. The number of fused-ring (bicyclic) bond motifs is 1. The van der Waals surface area contributed by atoms with E-state index in [9.17, 15) is 27.6 Å². The molecule has 1 aromatic carbocycles. The van der Waals surface area contributed by atoms with Gasteiger partial charge in [0.15, 0.2) is 0 Å². The Labute approximate surface area is 220 Å². The lowest BCUT2D eigenvalue weighted by Gasteiger charge is -2.43. The van der Waals surface area contributed by atoms with Crippen molar-refractivity contribution in [2.75, 3.05) is 11.9 Å². The third-order valence-corrected chi connectivity index (χ3v) is 9.48. The topological polar surface area (TPSA) is 90.5 Å². The summed E-state index contributed by atoms with van der Waals surface area (Å²) in [5.74, 6) is -0.270. The van der Waals surface area contributed by atoms with Gasteiger partial charge in [0.25, 0.3) is 5.91 Å². The number of amides is 3. The molecule has 3 N–H and O–H groups in total. The third kappa shape index (κ3) is 4.80. The van der Waals surface area contributed by atoms with E-state index in [1.807, 2.05) is 12.1 Å². The van der Waals surface area contributed by atoms with Crippen molar-refractivity contribution >= 4 is 23.4 Å². The molecule has 7 nitrogen and oxygen atoms in total. The minimum absolute atomic E-state index is 0.00863. The van der Waals surface area contributed by atoms with Gasteiger partial charge in [0.1, 0.15) is 6.04 Å². The first-order valence-corrected chi connectivity index (χ1v) is 13.9. The molecule has 1 aromatic rings. The highest BCUT2D eigenvalue weighted by Gasteiger charge is 2.62. The molecule has 0 aromatic heterocycles. The summed E-state index contributed by atoms with van der Waals surface area (Å²) in [6, 6.07) is 5.05. The van der Waals surface area contributed by atoms with E-state index in [4.69, 9.17) is 0 Å². The lowest BCUT2D eigenvalue weighted by Crippen LogP contribution is -2.52. The zero-order chi connectivity index (χ0) is 26.7. The van der Waals surface area contributed by atoms with Gasteiger partial charge < -0.3 is 15.5 Å². The fourth-order valence-corrected chi connectivity index (χ4v) is 6.67. The molecule has 0 spiro atoms.